The van der Waals surface area contributed by atoms with Crippen molar-refractivity contribution in [3.05, 3.63) is 119 Å². The third kappa shape index (κ3) is 7.97. The predicted octanol–water partition coefficient (Wildman–Crippen LogP) is 6.44. The minimum atomic E-state index is -6.00. The summed E-state index contributed by atoms with van der Waals surface area (Å²) in [6.45, 7) is 1.89. The van der Waals surface area contributed by atoms with Crippen LogP contribution in [0.2, 0.25) is 5.02 Å². The number of halogens is 5. The molecule has 0 spiro atoms. The van der Waals surface area contributed by atoms with E-state index in [9.17, 15) is 25.7 Å². The molecule has 1 heterocycles. The zero-order valence-corrected chi connectivity index (χ0v) is 22.4. The van der Waals surface area contributed by atoms with Gasteiger partial charge in [0, 0.05) is 22.7 Å². The Hall–Kier alpha value is -4.09. The van der Waals surface area contributed by atoms with Crippen LogP contribution >= 0.6 is 11.6 Å². The second kappa shape index (κ2) is 12.0. The molecule has 0 saturated carbocycles. The van der Waals surface area contributed by atoms with Crippen molar-refractivity contribution in [2.24, 2.45) is 0 Å². The van der Waals surface area contributed by atoms with E-state index in [4.69, 9.17) is 20.2 Å². The maximum absolute atomic E-state index is 12.6. The van der Waals surface area contributed by atoms with Gasteiger partial charge in [-0.15, -0.1) is 0 Å². The Kier molecular flexibility index (Phi) is 8.65. The zero-order chi connectivity index (χ0) is 28.9. The van der Waals surface area contributed by atoms with Gasteiger partial charge in [0.2, 0.25) is 11.0 Å². The van der Waals surface area contributed by atoms with Gasteiger partial charge in [0.05, 0.1) is 11.5 Å². The Bertz CT molecular complexity index is 1790. The summed E-state index contributed by atoms with van der Waals surface area (Å²) in [6, 6.07) is 30.4. The molecule has 0 fully saturated rings. The lowest BCUT2D eigenvalue weighted by Gasteiger charge is -2.07. The molecule has 5 nitrogen and oxygen atoms in total. The Morgan fingerprint density at radius 3 is 2.08 bits per heavy atom. The summed E-state index contributed by atoms with van der Waals surface area (Å²) in [6.07, 6.45) is 0. The molecule has 0 aliphatic carbocycles. The Morgan fingerprint density at radius 1 is 0.825 bits per heavy atom. The van der Waals surface area contributed by atoms with Gasteiger partial charge in [-0.05, 0) is 49.4 Å². The molecule has 0 saturated heterocycles. The average molecular weight is 590 g/mol. The molecule has 40 heavy (non-hydrogen) atoms. The Labute approximate surface area is 232 Å². The van der Waals surface area contributed by atoms with Crippen LogP contribution in [0.5, 0.6) is 5.75 Å². The van der Waals surface area contributed by atoms with Gasteiger partial charge in [-0.3, -0.25) is 0 Å². The molecule has 206 valence electrons. The first-order chi connectivity index (χ1) is 18.9. The standard InChI is InChI=1S/C28H20ClNO4S.BF4/c1-19-7-14-24(15-8-19)35(31,32)34-23-12-10-22(11-13-23)30-26-18-28(20-5-3-2-4-6-20)33-27-16-9-21(29)17-25(26)27;2-1(3,4)5/h2-18H,1H3;/q;-1/p+1. The van der Waals surface area contributed by atoms with Crippen LogP contribution in [0.3, 0.4) is 0 Å². The number of nitrogens with one attached hydrogen (secondary N) is 1. The summed E-state index contributed by atoms with van der Waals surface area (Å²) in [5.41, 5.74) is 3.34. The van der Waals surface area contributed by atoms with Crippen LogP contribution in [-0.4, -0.2) is 15.7 Å². The van der Waals surface area contributed by atoms with E-state index < -0.39 is 17.4 Å². The van der Waals surface area contributed by atoms with Crippen LogP contribution < -0.4 is 14.5 Å². The minimum absolute atomic E-state index is 0.107. The zero-order valence-electron chi connectivity index (χ0n) is 20.8. The molecule has 5 rings (SSSR count). The first-order valence-electron chi connectivity index (χ1n) is 11.7. The maximum Gasteiger partial charge on any atom is 0.673 e. The van der Waals surface area contributed by atoms with Crippen LogP contribution in [0.15, 0.2) is 112 Å². The summed E-state index contributed by atoms with van der Waals surface area (Å²) in [5.74, 6) is 0.920. The van der Waals surface area contributed by atoms with Crippen molar-refractivity contribution >= 4 is 45.6 Å². The fraction of sp³-hybridized carbons (Fsp3) is 0.0357. The lowest BCUT2D eigenvalue weighted by Crippen LogP contribution is -2.70. The molecule has 0 radical (unpaired) electrons. The van der Waals surface area contributed by atoms with E-state index >= 15 is 0 Å². The molecule has 12 heteroatoms. The maximum atomic E-state index is 12.6. The van der Waals surface area contributed by atoms with Crippen LogP contribution in [0, 0.1) is 6.92 Å². The Morgan fingerprint density at radius 2 is 1.45 bits per heavy atom. The monoisotopic (exact) mass is 589 g/mol. The molecular weight excluding hydrogens is 569 g/mol. The van der Waals surface area contributed by atoms with Gasteiger partial charge in [-0.25, -0.2) is 4.99 Å². The van der Waals surface area contributed by atoms with E-state index in [0.29, 0.717) is 16.4 Å². The molecule has 0 aliphatic rings. The number of fused-ring (bicyclic) bond motifs is 1. The SMILES string of the molecule is Cc1ccc(S(=O)(=O)Oc2ccc([NH+]=c3cc(-c4ccccc4)oc4ccc(Cl)cc34)cc2)cc1.F[B-](F)(F)F. The summed E-state index contributed by atoms with van der Waals surface area (Å²) >= 11 is 6.25. The van der Waals surface area contributed by atoms with Crippen molar-refractivity contribution in [3.8, 4) is 17.1 Å². The van der Waals surface area contributed by atoms with Crippen LogP contribution in [0.25, 0.3) is 22.3 Å². The highest BCUT2D eigenvalue weighted by molar-refractivity contribution is 7.87. The number of rotatable bonds is 5. The van der Waals surface area contributed by atoms with E-state index in [2.05, 4.69) is 4.99 Å². The van der Waals surface area contributed by atoms with Gasteiger partial charge in [-0.1, -0.05) is 59.6 Å². The average Bonchev–Trinajstić information content (AvgIpc) is 2.89. The van der Waals surface area contributed by atoms with Crippen molar-refractivity contribution in [1.82, 2.24) is 0 Å². The highest BCUT2D eigenvalue weighted by Crippen LogP contribution is 2.24. The summed E-state index contributed by atoms with van der Waals surface area (Å²) in [4.78, 5) is 3.50. The third-order valence-corrected chi connectivity index (χ3v) is 6.93. The quantitative estimate of drug-likeness (QED) is 0.146. The van der Waals surface area contributed by atoms with Gasteiger partial charge in [0.1, 0.15) is 22.0 Å². The van der Waals surface area contributed by atoms with Gasteiger partial charge < -0.3 is 25.9 Å². The highest BCUT2D eigenvalue weighted by atomic mass is 35.5. The molecule has 0 aliphatic heterocycles. The smallest absolute Gasteiger partial charge is 0.456 e. The summed E-state index contributed by atoms with van der Waals surface area (Å²) in [7, 11) is -9.92. The van der Waals surface area contributed by atoms with Crippen molar-refractivity contribution in [2.75, 3.05) is 0 Å². The third-order valence-electron chi connectivity index (χ3n) is 5.43. The minimum Gasteiger partial charge on any atom is -0.456 e. The molecule has 0 atom stereocenters. The number of hydrogen-bond donors (Lipinski definition) is 1. The van der Waals surface area contributed by atoms with E-state index in [0.717, 1.165) is 27.6 Å². The van der Waals surface area contributed by atoms with E-state index in [1.54, 1.807) is 42.5 Å². The largest absolute Gasteiger partial charge is 0.673 e. The van der Waals surface area contributed by atoms with Gasteiger partial charge >= 0.3 is 17.4 Å². The van der Waals surface area contributed by atoms with Crippen molar-refractivity contribution in [3.63, 3.8) is 0 Å². The van der Waals surface area contributed by atoms with Crippen LogP contribution in [-0.2, 0) is 10.1 Å². The molecule has 4 aromatic carbocycles. The van der Waals surface area contributed by atoms with Crippen molar-refractivity contribution in [2.45, 2.75) is 11.8 Å². The molecule has 0 unspecified atom stereocenters. The molecule has 0 bridgehead atoms. The molecular formula is C28H21BClF4NO4S. The fourth-order valence-corrected chi connectivity index (χ4v) is 4.74. The number of hydrogen-bond acceptors (Lipinski definition) is 4. The first-order valence-corrected chi connectivity index (χ1v) is 13.5. The van der Waals surface area contributed by atoms with E-state index in [1.807, 2.05) is 55.5 Å². The lowest BCUT2D eigenvalue weighted by molar-refractivity contribution is -0.400. The summed E-state index contributed by atoms with van der Waals surface area (Å²) in [5, 5.41) is 2.21. The highest BCUT2D eigenvalue weighted by Gasteiger charge is 2.20. The summed E-state index contributed by atoms with van der Waals surface area (Å²) < 4.78 is 75.6. The van der Waals surface area contributed by atoms with Crippen molar-refractivity contribution < 1.29 is 39.3 Å². The topological polar surface area (TPSA) is 70.5 Å². The van der Waals surface area contributed by atoms with Crippen LogP contribution in [0.4, 0.5) is 23.0 Å². The molecule has 0 amide bonds. The molecule has 1 N–H and O–H groups in total. The fourth-order valence-electron chi connectivity index (χ4n) is 3.64. The van der Waals surface area contributed by atoms with E-state index in [1.165, 1.54) is 12.1 Å². The lowest BCUT2D eigenvalue weighted by atomic mass is 10.1. The number of benzene rings is 4. The second-order valence-corrected chi connectivity index (χ2v) is 10.5. The number of aryl methyl sites for hydroxylation is 1. The first kappa shape index (κ1) is 28.9. The van der Waals surface area contributed by atoms with E-state index in [-0.39, 0.29) is 10.6 Å². The van der Waals surface area contributed by atoms with Gasteiger partial charge in [0.15, 0.2) is 0 Å². The Balaban J connectivity index is 0.000000681. The molecule has 1 aromatic heterocycles. The second-order valence-electron chi connectivity index (χ2n) is 8.53. The normalized spacial score (nSPS) is 12.1. The predicted molar refractivity (Wildman–Crippen MR) is 146 cm³/mol. The van der Waals surface area contributed by atoms with Gasteiger partial charge in [-0.2, -0.15) is 8.42 Å². The van der Waals surface area contributed by atoms with Gasteiger partial charge in [0.25, 0.3) is 0 Å². The van der Waals surface area contributed by atoms with Crippen LogP contribution in [0.1, 0.15) is 5.56 Å². The molecule has 5 aromatic rings. The van der Waals surface area contributed by atoms with Crippen molar-refractivity contribution in [1.29, 1.82) is 0 Å².